The van der Waals surface area contributed by atoms with Gasteiger partial charge in [0.25, 0.3) is 0 Å². The second-order valence-corrected chi connectivity index (χ2v) is 8.80. The molecule has 200 valence electrons. The van der Waals surface area contributed by atoms with Crippen LogP contribution in [0.5, 0.6) is 11.5 Å². The molecule has 1 aromatic rings. The summed E-state index contributed by atoms with van der Waals surface area (Å²) >= 11 is 0. The Morgan fingerprint density at radius 2 is 1.34 bits per heavy atom. The number of aromatic hydroxyl groups is 2. The Hall–Kier alpha value is -1.99. The van der Waals surface area contributed by atoms with Crippen LogP contribution in [-0.4, -0.2) is 123 Å². The fourth-order valence-corrected chi connectivity index (χ4v) is 3.87. The molecular weight excluding hydrogens is 460 g/mol. The van der Waals surface area contributed by atoms with Crippen LogP contribution in [0.3, 0.4) is 0 Å². The van der Waals surface area contributed by atoms with E-state index in [1.165, 1.54) is 0 Å². The van der Waals surface area contributed by atoms with Gasteiger partial charge in [-0.1, -0.05) is 0 Å². The van der Waals surface area contributed by atoms with Gasteiger partial charge in [0.15, 0.2) is 11.5 Å². The number of nitrogens with one attached hydrogen (secondary N) is 1. The minimum Gasteiger partial charge on any atom is -0.504 e. The number of carbonyl (C=O) groups excluding carboxylic acids is 1. The average molecular weight is 502 g/mol. The molecule has 1 amide bonds. The number of hydrogen-bond donors (Lipinski definition) is 3. The van der Waals surface area contributed by atoms with Crippen LogP contribution < -0.4 is 9.80 Å². The lowest BCUT2D eigenvalue weighted by Crippen LogP contribution is -2.56. The molecule has 11 nitrogen and oxygen atoms in total. The van der Waals surface area contributed by atoms with Gasteiger partial charge < -0.3 is 44.0 Å². The van der Waals surface area contributed by atoms with E-state index in [1.807, 2.05) is 14.1 Å². The third-order valence-electron chi connectivity index (χ3n) is 5.49. The van der Waals surface area contributed by atoms with E-state index in [4.69, 9.17) is 28.4 Å². The molecule has 0 saturated carbocycles. The summed E-state index contributed by atoms with van der Waals surface area (Å²) in [6.07, 6.45) is 0.576. The second kappa shape index (κ2) is 15.9. The fourth-order valence-electron chi connectivity index (χ4n) is 3.87. The number of carbonyl (C=O) groups is 1. The minimum absolute atomic E-state index is 0.0516. The molecule has 0 aliphatic carbocycles. The zero-order valence-corrected chi connectivity index (χ0v) is 21.1. The van der Waals surface area contributed by atoms with Crippen LogP contribution in [0, 0.1) is 0 Å². The molecule has 0 radical (unpaired) electrons. The highest BCUT2D eigenvalue weighted by molar-refractivity contribution is 5.77. The predicted molar refractivity (Wildman–Crippen MR) is 130 cm³/mol. The molecular formula is C24H41N2O9+. The molecule has 1 atom stereocenters. The van der Waals surface area contributed by atoms with Gasteiger partial charge in [-0.15, -0.1) is 0 Å². The molecule has 0 fully saturated rings. The summed E-state index contributed by atoms with van der Waals surface area (Å²) in [7, 11) is 5.63. The lowest BCUT2D eigenvalue weighted by molar-refractivity contribution is -0.127. The number of hydrogen-bond acceptors (Lipinski definition) is 9. The SMILES string of the molecule is COCCOCCOCCOCCOCCOCC(=O)N[C@H]1Cc2cc(O)c(O)cc2[N+](C)(C)C1. The summed E-state index contributed by atoms with van der Waals surface area (Å²) in [5.74, 6) is -0.490. The lowest BCUT2D eigenvalue weighted by atomic mass is 9.95. The van der Waals surface area contributed by atoms with Gasteiger partial charge in [0.05, 0.1) is 86.2 Å². The Labute approximate surface area is 207 Å². The number of fused-ring (bicyclic) bond motifs is 1. The minimum atomic E-state index is -0.200. The van der Waals surface area contributed by atoms with Crippen molar-refractivity contribution in [2.75, 3.05) is 100 Å². The summed E-state index contributed by atoms with van der Waals surface area (Å²) in [4.78, 5) is 12.3. The molecule has 1 aliphatic heterocycles. The quantitative estimate of drug-likeness (QED) is 0.149. The smallest absolute Gasteiger partial charge is 0.246 e. The van der Waals surface area contributed by atoms with Crippen molar-refractivity contribution in [2.24, 2.45) is 0 Å². The highest BCUT2D eigenvalue weighted by atomic mass is 16.6. The molecule has 0 spiro atoms. The summed E-state index contributed by atoms with van der Waals surface area (Å²) in [5.41, 5.74) is 1.83. The fraction of sp³-hybridized carbons (Fsp3) is 0.708. The van der Waals surface area contributed by atoms with Crippen LogP contribution in [0.4, 0.5) is 5.69 Å². The van der Waals surface area contributed by atoms with Crippen LogP contribution in [0.15, 0.2) is 12.1 Å². The molecule has 1 aromatic carbocycles. The predicted octanol–water partition coefficient (Wildman–Crippen LogP) is 0.435. The maximum Gasteiger partial charge on any atom is 0.246 e. The molecule has 1 aliphatic rings. The van der Waals surface area contributed by atoms with Crippen molar-refractivity contribution in [3.8, 4) is 11.5 Å². The van der Waals surface area contributed by atoms with Crippen molar-refractivity contribution >= 4 is 11.6 Å². The van der Waals surface area contributed by atoms with Gasteiger partial charge in [-0.05, 0) is 6.07 Å². The number of phenols is 2. The topological polar surface area (TPSA) is 125 Å². The normalized spacial score (nSPS) is 16.7. The number of ether oxygens (including phenoxy) is 6. The number of quaternary nitrogens is 1. The van der Waals surface area contributed by atoms with E-state index in [0.29, 0.717) is 83.5 Å². The molecule has 0 bridgehead atoms. The van der Waals surface area contributed by atoms with Gasteiger partial charge in [-0.25, -0.2) is 0 Å². The number of methoxy groups -OCH3 is 1. The first kappa shape index (κ1) is 29.2. The molecule has 0 unspecified atom stereocenters. The van der Waals surface area contributed by atoms with Crippen molar-refractivity contribution < 1.29 is 43.4 Å². The third kappa shape index (κ3) is 11.1. The van der Waals surface area contributed by atoms with Gasteiger partial charge in [0.2, 0.25) is 5.91 Å². The summed E-state index contributed by atoms with van der Waals surface area (Å²) < 4.78 is 32.3. The second-order valence-electron chi connectivity index (χ2n) is 8.80. The lowest BCUT2D eigenvalue weighted by Gasteiger charge is -2.39. The molecule has 3 N–H and O–H groups in total. The largest absolute Gasteiger partial charge is 0.504 e. The van der Waals surface area contributed by atoms with E-state index in [1.54, 1.807) is 19.2 Å². The number of phenolic OH excluding ortho intramolecular Hbond substituents is 2. The zero-order valence-electron chi connectivity index (χ0n) is 21.1. The number of benzene rings is 1. The van der Waals surface area contributed by atoms with Crippen LogP contribution in [0.2, 0.25) is 0 Å². The third-order valence-corrected chi connectivity index (χ3v) is 5.49. The van der Waals surface area contributed by atoms with Crippen LogP contribution in [-0.2, 0) is 39.6 Å². The van der Waals surface area contributed by atoms with Gasteiger partial charge in [0.1, 0.15) is 18.8 Å². The van der Waals surface area contributed by atoms with Crippen LogP contribution >= 0.6 is 0 Å². The van der Waals surface area contributed by atoms with E-state index in [9.17, 15) is 15.0 Å². The number of likely N-dealkylation sites (N-methyl/N-ethyl adjacent to an activating group) is 1. The molecule has 0 aromatic heterocycles. The summed E-state index contributed by atoms with van der Waals surface area (Å²) in [6, 6.07) is 3.06. The summed E-state index contributed by atoms with van der Waals surface area (Å²) in [6.45, 7) is 5.37. The van der Waals surface area contributed by atoms with E-state index < -0.39 is 0 Å². The number of amides is 1. The first-order valence-electron chi connectivity index (χ1n) is 11.9. The van der Waals surface area contributed by atoms with Crippen molar-refractivity contribution in [3.63, 3.8) is 0 Å². The number of nitrogens with zero attached hydrogens (tertiary/aromatic N) is 1. The first-order chi connectivity index (χ1) is 16.8. The molecule has 35 heavy (non-hydrogen) atoms. The van der Waals surface area contributed by atoms with Crippen molar-refractivity contribution in [3.05, 3.63) is 17.7 Å². The first-order valence-corrected chi connectivity index (χ1v) is 11.9. The Balaban J connectivity index is 1.46. The Morgan fingerprint density at radius 1 is 0.857 bits per heavy atom. The highest BCUT2D eigenvalue weighted by Crippen LogP contribution is 2.38. The Bertz CT molecular complexity index is 761. The van der Waals surface area contributed by atoms with Crippen LogP contribution in [0.25, 0.3) is 0 Å². The number of rotatable bonds is 18. The van der Waals surface area contributed by atoms with Crippen LogP contribution in [0.1, 0.15) is 5.56 Å². The Kier molecular flexibility index (Phi) is 13.3. The Morgan fingerprint density at radius 3 is 1.89 bits per heavy atom. The van der Waals surface area contributed by atoms with E-state index in [2.05, 4.69) is 5.32 Å². The van der Waals surface area contributed by atoms with E-state index in [0.717, 1.165) is 11.3 Å². The zero-order chi connectivity index (χ0) is 25.5. The van der Waals surface area contributed by atoms with Gasteiger partial charge in [-0.3, -0.25) is 9.28 Å². The summed E-state index contributed by atoms with van der Waals surface area (Å²) in [5, 5.41) is 22.6. The van der Waals surface area contributed by atoms with E-state index in [-0.39, 0.29) is 30.1 Å². The highest BCUT2D eigenvalue weighted by Gasteiger charge is 2.35. The molecule has 0 saturated heterocycles. The van der Waals surface area contributed by atoms with Crippen molar-refractivity contribution in [2.45, 2.75) is 12.5 Å². The monoisotopic (exact) mass is 501 g/mol. The average Bonchev–Trinajstić information content (AvgIpc) is 2.80. The van der Waals surface area contributed by atoms with E-state index >= 15 is 0 Å². The van der Waals surface area contributed by atoms with Gasteiger partial charge in [0, 0.05) is 25.2 Å². The standard InChI is InChI=1S/C24H40N2O9/c1-26(2)17-20(14-19-15-22(27)23(28)16-21(19)26)25-24(29)18-35-13-12-34-11-10-33-9-8-32-7-6-31-5-4-30-3/h15-16,20H,4-14,17-18H2,1-3H3,(H2-,25,27,28,29)/p+1/t20-/m0/s1. The maximum absolute atomic E-state index is 12.3. The van der Waals surface area contributed by atoms with Crippen molar-refractivity contribution in [1.82, 2.24) is 9.80 Å². The van der Waals surface area contributed by atoms with Gasteiger partial charge in [-0.2, -0.15) is 0 Å². The van der Waals surface area contributed by atoms with Crippen molar-refractivity contribution in [1.29, 1.82) is 0 Å². The van der Waals surface area contributed by atoms with Gasteiger partial charge >= 0.3 is 0 Å². The molecule has 2 rings (SSSR count). The maximum atomic E-state index is 12.3. The molecule has 11 heteroatoms. The molecule has 1 heterocycles.